The zero-order valence-electron chi connectivity index (χ0n) is 23.7. The fraction of sp³-hybridized carbons (Fsp3) is 0.323. The van der Waals surface area contributed by atoms with Gasteiger partial charge >= 0.3 is 6.09 Å². The van der Waals surface area contributed by atoms with E-state index in [0.29, 0.717) is 16.8 Å². The lowest BCUT2D eigenvalue weighted by Gasteiger charge is -2.32. The number of benzene rings is 3. The van der Waals surface area contributed by atoms with Gasteiger partial charge in [0.1, 0.15) is 29.2 Å². The third kappa shape index (κ3) is 7.99. The van der Waals surface area contributed by atoms with Gasteiger partial charge < -0.3 is 30.5 Å². The summed E-state index contributed by atoms with van der Waals surface area (Å²) in [7, 11) is 1.47. The molecule has 4 N–H and O–H groups in total. The van der Waals surface area contributed by atoms with Gasteiger partial charge in [0.25, 0.3) is 5.91 Å². The van der Waals surface area contributed by atoms with Gasteiger partial charge in [0.05, 0.1) is 0 Å². The van der Waals surface area contributed by atoms with Gasteiger partial charge in [-0.05, 0) is 81.1 Å². The van der Waals surface area contributed by atoms with Crippen molar-refractivity contribution in [3.05, 3.63) is 89.0 Å². The highest BCUT2D eigenvalue weighted by Gasteiger charge is 2.34. The summed E-state index contributed by atoms with van der Waals surface area (Å²) in [5.74, 6) is -1.03. The van der Waals surface area contributed by atoms with Gasteiger partial charge in [-0.25, -0.2) is 4.79 Å². The van der Waals surface area contributed by atoms with Crippen molar-refractivity contribution in [2.24, 2.45) is 0 Å². The van der Waals surface area contributed by atoms with Crippen LogP contribution in [0, 0.1) is 13.8 Å². The molecule has 3 aromatic rings. The standard InChI is InChI=1S/C31H37N3O6/c1-19-9-7-10-20(2)26(19)33-28(37)27(22-11-8-12-24(36)18-22)34(6)29(38)25(32-30(39)40-31(3,4)5)17-21-13-15-23(35)16-14-21/h7-16,18,25,27,35-36H,17H2,1-6H3,(H,32,39)(H,33,37). The Morgan fingerprint density at radius 1 is 0.900 bits per heavy atom. The monoisotopic (exact) mass is 547 g/mol. The lowest BCUT2D eigenvalue weighted by Crippen LogP contribution is -2.52. The van der Waals surface area contributed by atoms with Crippen molar-refractivity contribution in [1.82, 2.24) is 10.2 Å². The number of amides is 3. The number of rotatable bonds is 8. The number of carbonyl (C=O) groups is 3. The quantitative estimate of drug-likeness (QED) is 0.315. The number of alkyl carbamates (subject to hydrolysis) is 1. The van der Waals surface area contributed by atoms with E-state index in [4.69, 9.17) is 4.74 Å². The summed E-state index contributed by atoms with van der Waals surface area (Å²) in [4.78, 5) is 41.7. The molecule has 40 heavy (non-hydrogen) atoms. The maximum absolute atomic E-state index is 14.0. The lowest BCUT2D eigenvalue weighted by atomic mass is 10.00. The molecule has 9 nitrogen and oxygen atoms in total. The van der Waals surface area contributed by atoms with Gasteiger partial charge in [-0.1, -0.05) is 42.5 Å². The van der Waals surface area contributed by atoms with Crippen molar-refractivity contribution in [3.63, 3.8) is 0 Å². The summed E-state index contributed by atoms with van der Waals surface area (Å²) >= 11 is 0. The summed E-state index contributed by atoms with van der Waals surface area (Å²) in [6.07, 6.45) is -0.708. The first-order chi connectivity index (χ1) is 18.7. The summed E-state index contributed by atoms with van der Waals surface area (Å²) in [5, 5.41) is 25.4. The number of carbonyl (C=O) groups excluding carboxylic acids is 3. The third-order valence-corrected chi connectivity index (χ3v) is 6.26. The van der Waals surface area contributed by atoms with E-state index in [0.717, 1.165) is 11.1 Å². The molecule has 0 aliphatic heterocycles. The summed E-state index contributed by atoms with van der Waals surface area (Å²) < 4.78 is 5.40. The second kappa shape index (κ2) is 12.5. The summed E-state index contributed by atoms with van der Waals surface area (Å²) in [6, 6.07) is 15.8. The first kappa shape index (κ1) is 30.0. The highest BCUT2D eigenvalue weighted by Crippen LogP contribution is 2.28. The molecule has 0 fully saturated rings. The molecule has 0 saturated carbocycles. The minimum absolute atomic E-state index is 0.0595. The molecular formula is C31H37N3O6. The molecule has 3 aromatic carbocycles. The second-order valence-corrected chi connectivity index (χ2v) is 10.8. The average molecular weight is 548 g/mol. The maximum Gasteiger partial charge on any atom is 0.408 e. The Morgan fingerprint density at radius 3 is 2.08 bits per heavy atom. The Hall–Kier alpha value is -4.53. The number of nitrogens with zero attached hydrogens (tertiary/aromatic N) is 1. The summed E-state index contributed by atoms with van der Waals surface area (Å²) in [5.41, 5.74) is 2.61. The fourth-order valence-electron chi connectivity index (χ4n) is 4.34. The van der Waals surface area contributed by atoms with Crippen LogP contribution in [-0.2, 0) is 20.7 Å². The van der Waals surface area contributed by atoms with Gasteiger partial charge in [0, 0.05) is 19.2 Å². The van der Waals surface area contributed by atoms with Crippen LogP contribution in [0.3, 0.4) is 0 Å². The minimum atomic E-state index is -1.14. The fourth-order valence-corrected chi connectivity index (χ4v) is 4.34. The van der Waals surface area contributed by atoms with Crippen molar-refractivity contribution < 1.29 is 29.3 Å². The number of anilines is 1. The van der Waals surface area contributed by atoms with Crippen LogP contribution in [0.5, 0.6) is 11.5 Å². The largest absolute Gasteiger partial charge is 0.508 e. The molecule has 0 heterocycles. The highest BCUT2D eigenvalue weighted by atomic mass is 16.6. The average Bonchev–Trinajstić information content (AvgIpc) is 2.86. The third-order valence-electron chi connectivity index (χ3n) is 6.26. The Bertz CT molecular complexity index is 1340. The molecule has 2 unspecified atom stereocenters. The Morgan fingerprint density at radius 2 is 1.50 bits per heavy atom. The number of aryl methyl sites for hydroxylation is 2. The number of hydrogen-bond donors (Lipinski definition) is 4. The first-order valence-electron chi connectivity index (χ1n) is 13.0. The van der Waals surface area contributed by atoms with Gasteiger partial charge in [-0.15, -0.1) is 0 Å². The number of para-hydroxylation sites is 1. The number of phenols is 2. The topological polar surface area (TPSA) is 128 Å². The predicted molar refractivity (Wildman–Crippen MR) is 153 cm³/mol. The van der Waals surface area contributed by atoms with Crippen molar-refractivity contribution in [1.29, 1.82) is 0 Å². The maximum atomic E-state index is 14.0. The number of aromatic hydroxyl groups is 2. The molecule has 2 atom stereocenters. The number of ether oxygens (including phenoxy) is 1. The van der Waals surface area contributed by atoms with E-state index in [-0.39, 0.29) is 17.9 Å². The second-order valence-electron chi connectivity index (χ2n) is 10.8. The Kier molecular flexibility index (Phi) is 9.42. The number of phenolic OH excluding ortho intramolecular Hbond substituents is 2. The van der Waals surface area contributed by atoms with Crippen LogP contribution < -0.4 is 10.6 Å². The van der Waals surface area contributed by atoms with Crippen molar-refractivity contribution in [2.45, 2.75) is 58.7 Å². The van der Waals surface area contributed by atoms with Crippen LogP contribution in [0.1, 0.15) is 49.1 Å². The van der Waals surface area contributed by atoms with Crippen molar-refractivity contribution in [3.8, 4) is 11.5 Å². The number of likely N-dealkylation sites (N-methyl/N-ethyl adjacent to an activating group) is 1. The molecule has 0 saturated heterocycles. The number of nitrogens with one attached hydrogen (secondary N) is 2. The molecule has 3 amide bonds. The van der Waals surface area contributed by atoms with E-state index in [2.05, 4.69) is 10.6 Å². The highest BCUT2D eigenvalue weighted by molar-refractivity contribution is 5.99. The van der Waals surface area contributed by atoms with Gasteiger partial charge in [0.2, 0.25) is 5.91 Å². The molecule has 0 radical (unpaired) electrons. The van der Waals surface area contributed by atoms with E-state index in [1.807, 2.05) is 32.0 Å². The lowest BCUT2D eigenvalue weighted by molar-refractivity contribution is -0.139. The molecule has 0 aliphatic carbocycles. The van der Waals surface area contributed by atoms with Crippen LogP contribution in [-0.4, -0.2) is 51.7 Å². The minimum Gasteiger partial charge on any atom is -0.508 e. The van der Waals surface area contributed by atoms with Crippen LogP contribution in [0.25, 0.3) is 0 Å². The zero-order valence-corrected chi connectivity index (χ0v) is 23.7. The van der Waals surface area contributed by atoms with E-state index in [1.165, 1.54) is 36.2 Å². The van der Waals surface area contributed by atoms with Crippen molar-refractivity contribution >= 4 is 23.6 Å². The van der Waals surface area contributed by atoms with E-state index < -0.39 is 35.6 Å². The van der Waals surface area contributed by atoms with Gasteiger partial charge in [-0.3, -0.25) is 9.59 Å². The zero-order chi connectivity index (χ0) is 29.6. The Labute approximate surface area is 234 Å². The Balaban J connectivity index is 1.98. The molecular weight excluding hydrogens is 510 g/mol. The normalized spacial score (nSPS) is 12.7. The van der Waals surface area contributed by atoms with Crippen LogP contribution >= 0.6 is 0 Å². The van der Waals surface area contributed by atoms with E-state index in [1.54, 1.807) is 45.0 Å². The molecule has 3 rings (SSSR count). The van der Waals surface area contributed by atoms with E-state index >= 15 is 0 Å². The SMILES string of the molecule is Cc1cccc(C)c1NC(=O)C(c1cccc(O)c1)N(C)C(=O)C(Cc1ccc(O)cc1)NC(=O)OC(C)(C)C. The van der Waals surface area contributed by atoms with E-state index in [9.17, 15) is 24.6 Å². The summed E-state index contributed by atoms with van der Waals surface area (Å²) in [6.45, 7) is 8.89. The van der Waals surface area contributed by atoms with Crippen molar-refractivity contribution in [2.75, 3.05) is 12.4 Å². The molecule has 0 aromatic heterocycles. The molecule has 0 spiro atoms. The van der Waals surface area contributed by atoms with Gasteiger partial charge in [0.15, 0.2) is 0 Å². The van der Waals surface area contributed by atoms with Crippen LogP contribution in [0.4, 0.5) is 10.5 Å². The molecule has 9 heteroatoms. The number of hydrogen-bond acceptors (Lipinski definition) is 6. The molecule has 212 valence electrons. The van der Waals surface area contributed by atoms with Crippen LogP contribution in [0.15, 0.2) is 66.7 Å². The van der Waals surface area contributed by atoms with Crippen LogP contribution in [0.2, 0.25) is 0 Å². The first-order valence-corrected chi connectivity index (χ1v) is 13.0. The molecule has 0 aliphatic rings. The van der Waals surface area contributed by atoms with Gasteiger partial charge in [-0.2, -0.15) is 0 Å². The molecule has 0 bridgehead atoms. The predicted octanol–water partition coefficient (Wildman–Crippen LogP) is 4.99. The smallest absolute Gasteiger partial charge is 0.408 e.